The Morgan fingerprint density at radius 1 is 1.00 bits per heavy atom. The van der Waals surface area contributed by atoms with Gasteiger partial charge in [-0.15, -0.1) is 0 Å². The molecule has 0 saturated carbocycles. The largest absolute Gasteiger partial charge is 0.457 e. The number of aromatic nitrogens is 1. The lowest BCUT2D eigenvalue weighted by molar-refractivity contribution is 0.485. The van der Waals surface area contributed by atoms with Gasteiger partial charge in [0.05, 0.1) is 5.52 Å². The van der Waals surface area contributed by atoms with E-state index in [1.807, 2.05) is 18.2 Å². The number of hydrogen-bond donors (Lipinski definition) is 0. The Balaban J connectivity index is 2.06. The zero-order valence-corrected chi connectivity index (χ0v) is 11.4. The van der Waals surface area contributed by atoms with Crippen molar-refractivity contribution in [3.8, 4) is 11.5 Å². The summed E-state index contributed by atoms with van der Waals surface area (Å²) in [5.41, 5.74) is 0.835. The van der Waals surface area contributed by atoms with Gasteiger partial charge in [0.1, 0.15) is 17.3 Å². The van der Waals surface area contributed by atoms with Crippen LogP contribution in [0.15, 0.2) is 59.2 Å². The van der Waals surface area contributed by atoms with Crippen molar-refractivity contribution in [3.63, 3.8) is 0 Å². The lowest BCUT2D eigenvalue weighted by Crippen LogP contribution is -1.88. The van der Waals surface area contributed by atoms with Gasteiger partial charge in [0.15, 0.2) is 0 Å². The summed E-state index contributed by atoms with van der Waals surface area (Å²) in [7, 11) is 0. The molecule has 2 nitrogen and oxygen atoms in total. The van der Waals surface area contributed by atoms with Crippen LogP contribution in [0.2, 0.25) is 0 Å². The van der Waals surface area contributed by atoms with Gasteiger partial charge in [0, 0.05) is 16.1 Å². The third-order valence-corrected chi connectivity index (χ3v) is 3.36. The fraction of sp³-hybridized carbons (Fsp3) is 0. The monoisotopic (exact) mass is 317 g/mol. The first-order valence-electron chi connectivity index (χ1n) is 5.71. The van der Waals surface area contributed by atoms with E-state index in [0.717, 1.165) is 15.4 Å². The molecule has 0 saturated heterocycles. The predicted octanol–water partition coefficient (Wildman–Crippen LogP) is 4.93. The second-order valence-corrected chi connectivity index (χ2v) is 4.86. The van der Waals surface area contributed by atoms with Crippen LogP contribution in [-0.2, 0) is 0 Å². The van der Waals surface area contributed by atoms with Gasteiger partial charge in [-0.05, 0) is 58.4 Å². The third-order valence-electron chi connectivity index (χ3n) is 2.72. The normalized spacial score (nSPS) is 10.6. The minimum Gasteiger partial charge on any atom is -0.457 e. The highest BCUT2D eigenvalue weighted by molar-refractivity contribution is 9.10. The van der Waals surface area contributed by atoms with Gasteiger partial charge < -0.3 is 4.74 Å². The SMILES string of the molecule is Fc1ccc(Oc2ccnc3c(Br)cccc23)cc1. The van der Waals surface area contributed by atoms with Crippen molar-refractivity contribution in [1.82, 2.24) is 4.98 Å². The molecule has 1 heterocycles. The fourth-order valence-corrected chi connectivity index (χ4v) is 2.30. The minimum atomic E-state index is -0.283. The van der Waals surface area contributed by atoms with Crippen molar-refractivity contribution in [3.05, 3.63) is 65.0 Å². The maximum Gasteiger partial charge on any atom is 0.138 e. The molecule has 0 N–H and O–H groups in total. The maximum absolute atomic E-state index is 12.9. The molecule has 0 amide bonds. The average molecular weight is 318 g/mol. The molecular formula is C15H9BrFNO. The number of fused-ring (bicyclic) bond motifs is 1. The Labute approximate surface area is 118 Å². The van der Waals surface area contributed by atoms with Crippen molar-refractivity contribution < 1.29 is 9.13 Å². The van der Waals surface area contributed by atoms with Crippen molar-refractivity contribution in [2.75, 3.05) is 0 Å². The molecule has 0 bridgehead atoms. The van der Waals surface area contributed by atoms with Gasteiger partial charge in [-0.1, -0.05) is 6.07 Å². The van der Waals surface area contributed by atoms with E-state index in [2.05, 4.69) is 20.9 Å². The molecule has 0 aliphatic heterocycles. The molecule has 3 aromatic rings. The van der Waals surface area contributed by atoms with Crippen LogP contribution < -0.4 is 4.74 Å². The van der Waals surface area contributed by atoms with Crippen LogP contribution in [0.1, 0.15) is 0 Å². The van der Waals surface area contributed by atoms with E-state index in [1.54, 1.807) is 24.4 Å². The Bertz CT molecular complexity index is 728. The highest BCUT2D eigenvalue weighted by Crippen LogP contribution is 2.31. The van der Waals surface area contributed by atoms with E-state index < -0.39 is 0 Å². The number of halogens is 2. The Kier molecular flexibility index (Phi) is 3.17. The summed E-state index contributed by atoms with van der Waals surface area (Å²) in [5, 5.41) is 0.904. The Morgan fingerprint density at radius 3 is 2.58 bits per heavy atom. The quantitative estimate of drug-likeness (QED) is 0.668. The van der Waals surface area contributed by atoms with Crippen LogP contribution in [0.5, 0.6) is 11.5 Å². The zero-order chi connectivity index (χ0) is 13.2. The first-order valence-corrected chi connectivity index (χ1v) is 6.50. The van der Waals surface area contributed by atoms with Crippen molar-refractivity contribution >= 4 is 26.8 Å². The molecule has 3 rings (SSSR count). The summed E-state index contributed by atoms with van der Waals surface area (Å²) in [6.45, 7) is 0. The van der Waals surface area contributed by atoms with E-state index >= 15 is 0 Å². The van der Waals surface area contributed by atoms with E-state index in [-0.39, 0.29) is 5.82 Å². The Morgan fingerprint density at radius 2 is 1.79 bits per heavy atom. The van der Waals surface area contributed by atoms with Gasteiger partial charge in [-0.2, -0.15) is 0 Å². The molecule has 0 aliphatic rings. The number of pyridine rings is 1. The summed E-state index contributed by atoms with van der Waals surface area (Å²) in [4.78, 5) is 4.31. The van der Waals surface area contributed by atoms with E-state index in [1.165, 1.54) is 12.1 Å². The smallest absolute Gasteiger partial charge is 0.138 e. The summed E-state index contributed by atoms with van der Waals surface area (Å²) in [6, 6.07) is 13.5. The standard InChI is InChI=1S/C15H9BrFNO/c16-13-3-1-2-12-14(8-9-18-15(12)13)19-11-6-4-10(17)5-7-11/h1-9H. The van der Waals surface area contributed by atoms with E-state index in [9.17, 15) is 4.39 Å². The number of hydrogen-bond acceptors (Lipinski definition) is 2. The molecule has 2 aromatic carbocycles. The molecular weight excluding hydrogens is 309 g/mol. The van der Waals surface area contributed by atoms with Crippen LogP contribution in [0.25, 0.3) is 10.9 Å². The lowest BCUT2D eigenvalue weighted by atomic mass is 10.2. The van der Waals surface area contributed by atoms with Gasteiger partial charge in [0.2, 0.25) is 0 Å². The Hall–Kier alpha value is -1.94. The highest BCUT2D eigenvalue weighted by Gasteiger charge is 2.06. The third kappa shape index (κ3) is 2.44. The minimum absolute atomic E-state index is 0.283. The zero-order valence-electron chi connectivity index (χ0n) is 9.81. The van der Waals surface area contributed by atoms with Crippen molar-refractivity contribution in [2.24, 2.45) is 0 Å². The number of rotatable bonds is 2. The number of benzene rings is 2. The van der Waals surface area contributed by atoms with Gasteiger partial charge in [-0.25, -0.2) is 4.39 Å². The summed E-state index contributed by atoms with van der Waals surface area (Å²) in [6.07, 6.45) is 1.69. The lowest BCUT2D eigenvalue weighted by Gasteiger charge is -2.09. The van der Waals surface area contributed by atoms with Crippen LogP contribution in [0.3, 0.4) is 0 Å². The molecule has 19 heavy (non-hydrogen) atoms. The van der Waals surface area contributed by atoms with Crippen LogP contribution in [-0.4, -0.2) is 4.98 Å². The molecule has 1 aromatic heterocycles. The second kappa shape index (κ2) is 4.97. The number of ether oxygens (including phenoxy) is 1. The number of para-hydroxylation sites is 1. The number of nitrogens with zero attached hydrogens (tertiary/aromatic N) is 1. The molecule has 0 aliphatic carbocycles. The molecule has 4 heteroatoms. The molecule has 94 valence electrons. The average Bonchev–Trinajstić information content (AvgIpc) is 2.43. The topological polar surface area (TPSA) is 22.1 Å². The van der Waals surface area contributed by atoms with Crippen molar-refractivity contribution in [1.29, 1.82) is 0 Å². The van der Waals surface area contributed by atoms with Gasteiger partial charge in [0.25, 0.3) is 0 Å². The molecule has 0 spiro atoms. The summed E-state index contributed by atoms with van der Waals surface area (Å²) in [5.74, 6) is 1.00. The van der Waals surface area contributed by atoms with Crippen LogP contribution in [0, 0.1) is 5.82 Å². The first kappa shape index (κ1) is 12.1. The second-order valence-electron chi connectivity index (χ2n) is 4.00. The molecule has 0 atom stereocenters. The molecule has 0 radical (unpaired) electrons. The highest BCUT2D eigenvalue weighted by atomic mass is 79.9. The summed E-state index contributed by atoms with van der Waals surface area (Å²) >= 11 is 3.46. The van der Waals surface area contributed by atoms with E-state index in [4.69, 9.17) is 4.74 Å². The van der Waals surface area contributed by atoms with E-state index in [0.29, 0.717) is 11.5 Å². The maximum atomic E-state index is 12.9. The van der Waals surface area contributed by atoms with Crippen molar-refractivity contribution in [2.45, 2.75) is 0 Å². The van der Waals surface area contributed by atoms with Crippen LogP contribution in [0.4, 0.5) is 4.39 Å². The molecule has 0 unspecified atom stereocenters. The fourth-order valence-electron chi connectivity index (χ4n) is 1.83. The van der Waals surface area contributed by atoms with Gasteiger partial charge in [-0.3, -0.25) is 4.98 Å². The van der Waals surface area contributed by atoms with Gasteiger partial charge >= 0.3 is 0 Å². The van der Waals surface area contributed by atoms with Crippen LogP contribution >= 0.6 is 15.9 Å². The first-order chi connectivity index (χ1) is 9.24. The summed E-state index contributed by atoms with van der Waals surface area (Å²) < 4.78 is 19.5. The predicted molar refractivity (Wildman–Crippen MR) is 75.9 cm³/mol. The molecule has 0 fully saturated rings.